The molecule has 1 nitrogen and oxygen atoms in total. The topological polar surface area (TPSA) is 12.0 Å². The van der Waals surface area contributed by atoms with Gasteiger partial charge in [0.15, 0.2) is 0 Å². The Morgan fingerprint density at radius 2 is 1.67 bits per heavy atom. The summed E-state index contributed by atoms with van der Waals surface area (Å²) in [5, 5.41) is 3.32. The first-order valence-electron chi connectivity index (χ1n) is 5.39. The summed E-state index contributed by atoms with van der Waals surface area (Å²) in [7, 11) is 2.06. The van der Waals surface area contributed by atoms with Crippen LogP contribution in [0.4, 0.5) is 0 Å². The van der Waals surface area contributed by atoms with Crippen LogP contribution in [0.5, 0.6) is 0 Å². The first-order valence-corrected chi connectivity index (χ1v) is 5.39. The SMILES string of the molecule is CCCCC(CC)(CC)CNC. The Hall–Kier alpha value is -0.0400. The van der Waals surface area contributed by atoms with Crippen molar-refractivity contribution in [2.45, 2.75) is 52.9 Å². The van der Waals surface area contributed by atoms with Gasteiger partial charge in [-0.1, -0.05) is 33.6 Å². The minimum absolute atomic E-state index is 0.574. The molecule has 0 atom stereocenters. The van der Waals surface area contributed by atoms with Crippen LogP contribution in [0, 0.1) is 5.41 Å². The molecule has 0 spiro atoms. The monoisotopic (exact) mass is 171 g/mol. The average molecular weight is 171 g/mol. The summed E-state index contributed by atoms with van der Waals surface area (Å²) in [6, 6.07) is 0. The van der Waals surface area contributed by atoms with Gasteiger partial charge in [0.2, 0.25) is 0 Å². The van der Waals surface area contributed by atoms with Crippen LogP contribution in [0.15, 0.2) is 0 Å². The van der Waals surface area contributed by atoms with Gasteiger partial charge < -0.3 is 5.32 Å². The summed E-state index contributed by atoms with van der Waals surface area (Å²) >= 11 is 0. The zero-order chi connectivity index (χ0) is 9.45. The van der Waals surface area contributed by atoms with E-state index in [9.17, 15) is 0 Å². The molecule has 0 aromatic carbocycles. The van der Waals surface area contributed by atoms with Gasteiger partial charge in [-0.25, -0.2) is 0 Å². The Morgan fingerprint density at radius 3 is 2.00 bits per heavy atom. The van der Waals surface area contributed by atoms with E-state index >= 15 is 0 Å². The van der Waals surface area contributed by atoms with Crippen molar-refractivity contribution < 1.29 is 0 Å². The van der Waals surface area contributed by atoms with Gasteiger partial charge in [-0.2, -0.15) is 0 Å². The van der Waals surface area contributed by atoms with E-state index in [1.165, 1.54) is 38.6 Å². The van der Waals surface area contributed by atoms with Gasteiger partial charge in [0, 0.05) is 6.54 Å². The van der Waals surface area contributed by atoms with Crippen molar-refractivity contribution in [3.8, 4) is 0 Å². The second-order valence-electron chi connectivity index (χ2n) is 3.84. The van der Waals surface area contributed by atoms with Crippen LogP contribution in [0.1, 0.15) is 52.9 Å². The van der Waals surface area contributed by atoms with Gasteiger partial charge >= 0.3 is 0 Å². The molecule has 0 unspecified atom stereocenters. The van der Waals surface area contributed by atoms with Crippen LogP contribution in [-0.2, 0) is 0 Å². The van der Waals surface area contributed by atoms with E-state index in [0.717, 1.165) is 0 Å². The summed E-state index contributed by atoms with van der Waals surface area (Å²) < 4.78 is 0. The summed E-state index contributed by atoms with van der Waals surface area (Å²) in [6.07, 6.45) is 6.71. The highest BCUT2D eigenvalue weighted by atomic mass is 14.8. The predicted octanol–water partition coefficient (Wildman–Crippen LogP) is 3.20. The van der Waals surface area contributed by atoms with Crippen LogP contribution in [-0.4, -0.2) is 13.6 Å². The quantitative estimate of drug-likeness (QED) is 0.620. The molecule has 0 radical (unpaired) electrons. The van der Waals surface area contributed by atoms with Crippen LogP contribution in [0.25, 0.3) is 0 Å². The first-order chi connectivity index (χ1) is 5.74. The zero-order valence-corrected chi connectivity index (χ0v) is 9.24. The summed E-state index contributed by atoms with van der Waals surface area (Å²) in [5.74, 6) is 0. The molecule has 0 aromatic rings. The molecule has 74 valence electrons. The molecule has 1 N–H and O–H groups in total. The molecule has 0 aliphatic heterocycles. The number of rotatable bonds is 7. The second-order valence-corrected chi connectivity index (χ2v) is 3.84. The van der Waals surface area contributed by atoms with Crippen molar-refractivity contribution in [3.05, 3.63) is 0 Å². The fourth-order valence-corrected chi connectivity index (χ4v) is 1.87. The normalized spacial score (nSPS) is 12.0. The van der Waals surface area contributed by atoms with Crippen molar-refractivity contribution in [1.29, 1.82) is 0 Å². The number of hydrogen-bond donors (Lipinski definition) is 1. The molecule has 0 saturated carbocycles. The number of unbranched alkanes of at least 4 members (excludes halogenated alkanes) is 1. The van der Waals surface area contributed by atoms with E-state index in [0.29, 0.717) is 5.41 Å². The van der Waals surface area contributed by atoms with E-state index < -0.39 is 0 Å². The fourth-order valence-electron chi connectivity index (χ4n) is 1.87. The lowest BCUT2D eigenvalue weighted by Crippen LogP contribution is -2.31. The smallest absolute Gasteiger partial charge is 0.000460 e. The molecule has 0 aromatic heterocycles. The maximum atomic E-state index is 3.32. The lowest BCUT2D eigenvalue weighted by atomic mass is 9.78. The molecule has 1 heteroatoms. The third-order valence-electron chi connectivity index (χ3n) is 3.11. The molecular formula is C11H25N. The minimum Gasteiger partial charge on any atom is -0.319 e. The Labute approximate surface area is 77.9 Å². The molecule has 0 fully saturated rings. The summed E-state index contributed by atoms with van der Waals surface area (Å²) in [5.41, 5.74) is 0.574. The highest BCUT2D eigenvalue weighted by Crippen LogP contribution is 2.31. The molecule has 0 aliphatic rings. The van der Waals surface area contributed by atoms with Gasteiger partial charge in [0.1, 0.15) is 0 Å². The van der Waals surface area contributed by atoms with Gasteiger partial charge in [-0.15, -0.1) is 0 Å². The summed E-state index contributed by atoms with van der Waals surface area (Å²) in [4.78, 5) is 0. The second kappa shape index (κ2) is 6.47. The minimum atomic E-state index is 0.574. The Balaban J connectivity index is 3.95. The Morgan fingerprint density at radius 1 is 1.08 bits per heavy atom. The first kappa shape index (κ1) is 12.0. The van der Waals surface area contributed by atoms with Crippen molar-refractivity contribution in [2.75, 3.05) is 13.6 Å². The van der Waals surface area contributed by atoms with E-state index in [-0.39, 0.29) is 0 Å². The Kier molecular flexibility index (Phi) is 6.45. The lowest BCUT2D eigenvalue weighted by Gasteiger charge is -2.31. The molecular weight excluding hydrogens is 146 g/mol. The third-order valence-corrected chi connectivity index (χ3v) is 3.11. The van der Waals surface area contributed by atoms with Gasteiger partial charge in [-0.3, -0.25) is 0 Å². The van der Waals surface area contributed by atoms with Gasteiger partial charge in [-0.05, 0) is 31.7 Å². The van der Waals surface area contributed by atoms with Crippen molar-refractivity contribution in [1.82, 2.24) is 5.32 Å². The highest BCUT2D eigenvalue weighted by molar-refractivity contribution is 4.78. The van der Waals surface area contributed by atoms with Crippen LogP contribution in [0.3, 0.4) is 0 Å². The standard InChI is InChI=1S/C11H25N/c1-5-8-9-11(6-2,7-3)10-12-4/h12H,5-10H2,1-4H3. The molecule has 0 aliphatic carbocycles. The maximum absolute atomic E-state index is 3.32. The fraction of sp³-hybridized carbons (Fsp3) is 1.00. The van der Waals surface area contributed by atoms with E-state index in [1.807, 2.05) is 0 Å². The number of nitrogens with one attached hydrogen (secondary N) is 1. The highest BCUT2D eigenvalue weighted by Gasteiger charge is 2.23. The summed E-state index contributed by atoms with van der Waals surface area (Å²) in [6.45, 7) is 8.09. The van der Waals surface area contributed by atoms with Crippen LogP contribution >= 0.6 is 0 Å². The largest absolute Gasteiger partial charge is 0.319 e. The molecule has 0 rings (SSSR count). The molecule has 0 heterocycles. The van der Waals surface area contributed by atoms with E-state index in [1.54, 1.807) is 0 Å². The van der Waals surface area contributed by atoms with Crippen LogP contribution < -0.4 is 5.32 Å². The third kappa shape index (κ3) is 3.57. The van der Waals surface area contributed by atoms with Gasteiger partial charge in [0.05, 0.1) is 0 Å². The maximum Gasteiger partial charge on any atom is 0.000460 e. The Bertz CT molecular complexity index is 95.2. The van der Waals surface area contributed by atoms with Gasteiger partial charge in [0.25, 0.3) is 0 Å². The van der Waals surface area contributed by atoms with Crippen LogP contribution in [0.2, 0.25) is 0 Å². The lowest BCUT2D eigenvalue weighted by molar-refractivity contribution is 0.227. The average Bonchev–Trinajstić information content (AvgIpc) is 2.13. The van der Waals surface area contributed by atoms with Crippen molar-refractivity contribution in [2.24, 2.45) is 5.41 Å². The zero-order valence-electron chi connectivity index (χ0n) is 9.24. The molecule has 0 bridgehead atoms. The van der Waals surface area contributed by atoms with Crippen molar-refractivity contribution in [3.63, 3.8) is 0 Å². The number of hydrogen-bond acceptors (Lipinski definition) is 1. The molecule has 0 amide bonds. The van der Waals surface area contributed by atoms with E-state index in [4.69, 9.17) is 0 Å². The predicted molar refractivity (Wildman–Crippen MR) is 56.5 cm³/mol. The molecule has 0 saturated heterocycles. The van der Waals surface area contributed by atoms with E-state index in [2.05, 4.69) is 33.1 Å². The van der Waals surface area contributed by atoms with Crippen molar-refractivity contribution >= 4 is 0 Å². The molecule has 12 heavy (non-hydrogen) atoms.